The number of aromatic hydroxyl groups is 1. The van der Waals surface area contributed by atoms with Gasteiger partial charge < -0.3 is 5.11 Å². The molecule has 0 fully saturated rings. The van der Waals surface area contributed by atoms with E-state index in [1.54, 1.807) is 13.8 Å². The Hall–Kier alpha value is -1.91. The average Bonchev–Trinajstić information content (AvgIpc) is 2.22. The highest BCUT2D eigenvalue weighted by molar-refractivity contribution is 5.60. The van der Waals surface area contributed by atoms with Crippen LogP contribution in [-0.2, 0) is 0 Å². The van der Waals surface area contributed by atoms with Gasteiger partial charge in [0.05, 0.1) is 0 Å². The van der Waals surface area contributed by atoms with Gasteiger partial charge in [0.2, 0.25) is 0 Å². The Kier molecular flexibility index (Phi) is 2.18. The van der Waals surface area contributed by atoms with Crippen LogP contribution in [0, 0.1) is 27.7 Å². The lowest BCUT2D eigenvalue weighted by Gasteiger charge is -2.12. The molecule has 16 heavy (non-hydrogen) atoms. The van der Waals surface area contributed by atoms with Gasteiger partial charge in [-0.2, -0.15) is 4.98 Å². The van der Waals surface area contributed by atoms with Crippen molar-refractivity contribution < 1.29 is 5.11 Å². The first-order valence-corrected chi connectivity index (χ1v) is 4.99. The molecule has 0 bridgehead atoms. The van der Waals surface area contributed by atoms with E-state index >= 15 is 0 Å². The molecule has 84 valence electrons. The fraction of sp³-hybridized carbons (Fsp3) is 0.364. The van der Waals surface area contributed by atoms with Crippen LogP contribution >= 0.6 is 0 Å². The highest BCUT2D eigenvalue weighted by atomic mass is 16.3. The molecule has 2 aromatic heterocycles. The molecule has 0 saturated carbocycles. The first-order valence-electron chi connectivity index (χ1n) is 4.99. The second kappa shape index (κ2) is 3.30. The predicted molar refractivity (Wildman–Crippen MR) is 59.9 cm³/mol. The van der Waals surface area contributed by atoms with E-state index in [2.05, 4.69) is 9.97 Å². The fourth-order valence-electron chi connectivity index (χ4n) is 1.75. The Bertz CT molecular complexity index is 644. The molecular formula is C11H13N3O2. The maximum Gasteiger partial charge on any atom is 0.355 e. The van der Waals surface area contributed by atoms with E-state index in [-0.39, 0.29) is 11.4 Å². The number of pyridine rings is 1. The first-order chi connectivity index (χ1) is 7.43. The minimum absolute atomic E-state index is 0.0469. The topological polar surface area (TPSA) is 67.5 Å². The molecular weight excluding hydrogens is 206 g/mol. The molecule has 0 aliphatic rings. The van der Waals surface area contributed by atoms with Crippen molar-refractivity contribution in [1.82, 2.24) is 14.4 Å². The molecule has 2 rings (SSSR count). The van der Waals surface area contributed by atoms with Crippen molar-refractivity contribution in [2.45, 2.75) is 27.7 Å². The number of fused-ring (bicyclic) bond motifs is 1. The maximum atomic E-state index is 11.7. The minimum atomic E-state index is -0.404. The molecule has 0 radical (unpaired) electrons. The number of hydrogen-bond acceptors (Lipinski definition) is 4. The van der Waals surface area contributed by atoms with Crippen molar-refractivity contribution in [3.8, 4) is 5.75 Å². The van der Waals surface area contributed by atoms with Gasteiger partial charge in [0, 0.05) is 5.69 Å². The van der Waals surface area contributed by atoms with E-state index in [0.29, 0.717) is 5.82 Å². The van der Waals surface area contributed by atoms with E-state index in [1.807, 2.05) is 13.8 Å². The Morgan fingerprint density at radius 2 is 1.69 bits per heavy atom. The van der Waals surface area contributed by atoms with Gasteiger partial charge in [-0.1, -0.05) is 0 Å². The quantitative estimate of drug-likeness (QED) is 0.718. The fourth-order valence-corrected chi connectivity index (χ4v) is 1.75. The zero-order valence-corrected chi connectivity index (χ0v) is 9.70. The summed E-state index contributed by atoms with van der Waals surface area (Å²) in [6.45, 7) is 7.11. The Morgan fingerprint density at radius 1 is 1.06 bits per heavy atom. The second-order valence-electron chi connectivity index (χ2n) is 3.90. The summed E-state index contributed by atoms with van der Waals surface area (Å²) in [7, 11) is 0. The van der Waals surface area contributed by atoms with Crippen molar-refractivity contribution in [1.29, 1.82) is 0 Å². The lowest BCUT2D eigenvalue weighted by Crippen LogP contribution is -2.22. The number of hydrogen-bond donors (Lipinski definition) is 1. The summed E-state index contributed by atoms with van der Waals surface area (Å²) >= 11 is 0. The zero-order chi connectivity index (χ0) is 12.0. The highest BCUT2D eigenvalue weighted by Crippen LogP contribution is 2.25. The summed E-state index contributed by atoms with van der Waals surface area (Å²) in [5.41, 5.74) is 2.25. The lowest BCUT2D eigenvalue weighted by molar-refractivity contribution is 0.470. The van der Waals surface area contributed by atoms with Crippen LogP contribution in [0.1, 0.15) is 22.6 Å². The normalized spacial score (nSPS) is 11.0. The lowest BCUT2D eigenvalue weighted by atomic mass is 10.1. The third-order valence-electron chi connectivity index (χ3n) is 2.94. The molecule has 0 spiro atoms. The average molecular weight is 219 g/mol. The zero-order valence-electron chi connectivity index (χ0n) is 9.70. The summed E-state index contributed by atoms with van der Waals surface area (Å²) < 4.78 is 1.34. The smallest absolute Gasteiger partial charge is 0.355 e. The molecule has 2 heterocycles. The SMILES string of the molecule is Cc1nc(=O)n2c(C)c(C)c(C)c(O)c2n1. The van der Waals surface area contributed by atoms with Crippen LogP contribution in [0.25, 0.3) is 5.65 Å². The van der Waals surface area contributed by atoms with Gasteiger partial charge in [-0.3, -0.25) is 0 Å². The van der Waals surface area contributed by atoms with E-state index in [0.717, 1.165) is 16.8 Å². The van der Waals surface area contributed by atoms with Crippen LogP contribution in [0.3, 0.4) is 0 Å². The molecule has 0 saturated heterocycles. The standard InChI is InChI=1S/C11H13N3O2/c1-5-6(2)9(15)10-12-8(4)13-11(16)14(10)7(5)3/h15H,1-4H3. The third kappa shape index (κ3) is 1.28. The van der Waals surface area contributed by atoms with Crippen molar-refractivity contribution >= 4 is 5.65 Å². The van der Waals surface area contributed by atoms with Gasteiger partial charge >= 0.3 is 5.69 Å². The van der Waals surface area contributed by atoms with E-state index in [9.17, 15) is 9.90 Å². The summed E-state index contributed by atoms with van der Waals surface area (Å²) in [5.74, 6) is 0.411. The number of aromatic nitrogens is 3. The largest absolute Gasteiger partial charge is 0.504 e. The number of rotatable bonds is 0. The van der Waals surface area contributed by atoms with Crippen molar-refractivity contribution in [2.24, 2.45) is 0 Å². The van der Waals surface area contributed by atoms with Crippen LogP contribution in [-0.4, -0.2) is 19.5 Å². The van der Waals surface area contributed by atoms with Gasteiger partial charge in [-0.15, -0.1) is 0 Å². The third-order valence-corrected chi connectivity index (χ3v) is 2.94. The molecule has 0 amide bonds. The van der Waals surface area contributed by atoms with Crippen LogP contribution < -0.4 is 5.69 Å². The molecule has 0 unspecified atom stereocenters. The molecule has 0 aromatic carbocycles. The van der Waals surface area contributed by atoms with Gasteiger partial charge in [-0.05, 0) is 38.8 Å². The monoisotopic (exact) mass is 219 g/mol. The van der Waals surface area contributed by atoms with E-state index in [1.165, 1.54) is 4.40 Å². The van der Waals surface area contributed by atoms with Crippen molar-refractivity contribution in [3.05, 3.63) is 33.1 Å². The summed E-state index contributed by atoms with van der Waals surface area (Å²) in [6.07, 6.45) is 0. The van der Waals surface area contributed by atoms with E-state index < -0.39 is 5.69 Å². The van der Waals surface area contributed by atoms with Crippen molar-refractivity contribution in [3.63, 3.8) is 0 Å². The molecule has 0 aliphatic heterocycles. The molecule has 0 aliphatic carbocycles. The number of aryl methyl sites for hydroxylation is 2. The molecule has 5 nitrogen and oxygen atoms in total. The minimum Gasteiger partial charge on any atom is -0.504 e. The molecule has 2 aromatic rings. The number of nitrogens with zero attached hydrogens (tertiary/aromatic N) is 3. The van der Waals surface area contributed by atoms with Gasteiger partial charge in [0.25, 0.3) is 0 Å². The Morgan fingerprint density at radius 3 is 2.31 bits per heavy atom. The first kappa shape index (κ1) is 10.6. The van der Waals surface area contributed by atoms with Crippen molar-refractivity contribution in [2.75, 3.05) is 0 Å². The Balaban J connectivity index is 3.15. The van der Waals surface area contributed by atoms with Crippen LogP contribution in [0.4, 0.5) is 0 Å². The highest BCUT2D eigenvalue weighted by Gasteiger charge is 2.14. The maximum absolute atomic E-state index is 11.7. The van der Waals surface area contributed by atoms with Gasteiger partial charge in [-0.25, -0.2) is 14.2 Å². The van der Waals surface area contributed by atoms with Crippen LogP contribution in [0.2, 0.25) is 0 Å². The van der Waals surface area contributed by atoms with Crippen LogP contribution in [0.5, 0.6) is 5.75 Å². The predicted octanol–water partition coefficient (Wildman–Crippen LogP) is 1.03. The molecule has 1 N–H and O–H groups in total. The summed E-state index contributed by atoms with van der Waals surface area (Å²) in [4.78, 5) is 19.6. The van der Waals surface area contributed by atoms with Gasteiger partial charge in [0.15, 0.2) is 11.4 Å². The van der Waals surface area contributed by atoms with E-state index in [4.69, 9.17) is 0 Å². The Labute approximate surface area is 92.4 Å². The second-order valence-corrected chi connectivity index (χ2v) is 3.90. The van der Waals surface area contributed by atoms with Crippen LogP contribution in [0.15, 0.2) is 4.79 Å². The summed E-state index contributed by atoms with van der Waals surface area (Å²) in [6, 6.07) is 0. The van der Waals surface area contributed by atoms with Gasteiger partial charge in [0.1, 0.15) is 5.82 Å². The molecule has 5 heteroatoms. The molecule has 0 atom stereocenters. The summed E-state index contributed by atoms with van der Waals surface area (Å²) in [5, 5.41) is 9.96.